The predicted octanol–water partition coefficient (Wildman–Crippen LogP) is 2.41. The van der Waals surface area contributed by atoms with E-state index in [1.165, 1.54) is 18.3 Å². The molecule has 1 atom stereocenters. The Morgan fingerprint density at radius 2 is 2.08 bits per heavy atom. The topological polar surface area (TPSA) is 38.9 Å². The highest BCUT2D eigenvalue weighted by atomic mass is 79.9. The Balaban J connectivity index is 2.96. The van der Waals surface area contributed by atoms with E-state index < -0.39 is 12.2 Å². The highest BCUT2D eigenvalue weighted by Crippen LogP contribution is 2.29. The van der Waals surface area contributed by atoms with Gasteiger partial charge < -0.3 is 5.73 Å². The van der Waals surface area contributed by atoms with Crippen molar-refractivity contribution in [1.29, 1.82) is 0 Å². The smallest absolute Gasteiger partial charge is 0.315 e. The standard InChI is InChI=1S/C7H6BrF3N2/c8-4-1-2-13-5(3-4)6(12)7(9,10)11/h1-3,6H,12H2. The summed E-state index contributed by atoms with van der Waals surface area (Å²) < 4.78 is 36.8. The van der Waals surface area contributed by atoms with E-state index in [0.29, 0.717) is 4.47 Å². The summed E-state index contributed by atoms with van der Waals surface area (Å²) in [5.74, 6) is 0. The van der Waals surface area contributed by atoms with Crippen LogP contribution < -0.4 is 5.73 Å². The Bertz CT molecular complexity index is 300. The van der Waals surface area contributed by atoms with Crippen LogP contribution in [0, 0.1) is 0 Å². The molecule has 13 heavy (non-hydrogen) atoms. The maximum atomic E-state index is 12.1. The van der Waals surface area contributed by atoms with Gasteiger partial charge in [-0.3, -0.25) is 4.98 Å². The summed E-state index contributed by atoms with van der Waals surface area (Å²) in [5, 5.41) is 0. The van der Waals surface area contributed by atoms with E-state index in [1.807, 2.05) is 0 Å². The maximum absolute atomic E-state index is 12.1. The number of nitrogens with two attached hydrogens (primary N) is 1. The van der Waals surface area contributed by atoms with Crippen LogP contribution in [0.4, 0.5) is 13.2 Å². The number of nitrogens with zero attached hydrogens (tertiary/aromatic N) is 1. The van der Waals surface area contributed by atoms with E-state index in [-0.39, 0.29) is 5.69 Å². The summed E-state index contributed by atoms with van der Waals surface area (Å²) in [6.45, 7) is 0. The molecule has 1 heterocycles. The number of aromatic nitrogens is 1. The van der Waals surface area contributed by atoms with Gasteiger partial charge >= 0.3 is 6.18 Å². The minimum Gasteiger partial charge on any atom is -0.315 e. The number of alkyl halides is 3. The van der Waals surface area contributed by atoms with Crippen molar-refractivity contribution >= 4 is 15.9 Å². The van der Waals surface area contributed by atoms with Crippen molar-refractivity contribution in [2.45, 2.75) is 12.2 Å². The monoisotopic (exact) mass is 254 g/mol. The molecule has 2 nitrogen and oxygen atoms in total. The molecule has 0 aliphatic heterocycles. The van der Waals surface area contributed by atoms with Gasteiger partial charge in [-0.1, -0.05) is 15.9 Å². The summed E-state index contributed by atoms with van der Waals surface area (Å²) in [6, 6.07) is 0.759. The Morgan fingerprint density at radius 1 is 1.46 bits per heavy atom. The summed E-state index contributed by atoms with van der Waals surface area (Å²) >= 11 is 3.03. The minimum absolute atomic E-state index is 0.193. The highest BCUT2D eigenvalue weighted by molar-refractivity contribution is 9.10. The van der Waals surface area contributed by atoms with Crippen molar-refractivity contribution in [1.82, 2.24) is 4.98 Å². The van der Waals surface area contributed by atoms with Gasteiger partial charge in [0.2, 0.25) is 0 Å². The molecule has 0 saturated carbocycles. The largest absolute Gasteiger partial charge is 0.409 e. The van der Waals surface area contributed by atoms with Crippen molar-refractivity contribution in [2.75, 3.05) is 0 Å². The molecule has 1 aromatic rings. The molecule has 1 unspecified atom stereocenters. The fraction of sp³-hybridized carbons (Fsp3) is 0.286. The molecule has 0 aromatic carbocycles. The number of halogens is 4. The first-order chi connectivity index (χ1) is 5.91. The van der Waals surface area contributed by atoms with E-state index in [0.717, 1.165) is 0 Å². The zero-order chi connectivity index (χ0) is 10.1. The zero-order valence-electron chi connectivity index (χ0n) is 6.35. The van der Waals surface area contributed by atoms with Gasteiger partial charge in [-0.2, -0.15) is 13.2 Å². The molecule has 0 amide bonds. The third-order valence-corrected chi connectivity index (χ3v) is 1.91. The zero-order valence-corrected chi connectivity index (χ0v) is 7.93. The van der Waals surface area contributed by atoms with Crippen LogP contribution in [-0.4, -0.2) is 11.2 Å². The SMILES string of the molecule is NC(c1cc(Br)ccn1)C(F)(F)F. The summed E-state index contributed by atoms with van der Waals surface area (Å²) in [6.07, 6.45) is -3.18. The van der Waals surface area contributed by atoms with E-state index in [4.69, 9.17) is 5.73 Å². The van der Waals surface area contributed by atoms with E-state index >= 15 is 0 Å². The van der Waals surface area contributed by atoms with Crippen LogP contribution in [-0.2, 0) is 0 Å². The summed E-state index contributed by atoms with van der Waals surface area (Å²) in [7, 11) is 0. The van der Waals surface area contributed by atoms with Gasteiger partial charge in [0, 0.05) is 10.7 Å². The van der Waals surface area contributed by atoms with Crippen molar-refractivity contribution in [3.63, 3.8) is 0 Å². The van der Waals surface area contributed by atoms with Crippen molar-refractivity contribution in [2.24, 2.45) is 5.73 Å². The number of pyridine rings is 1. The molecular formula is C7H6BrF3N2. The first-order valence-corrected chi connectivity index (χ1v) is 4.14. The Labute approximate surface area is 81.1 Å². The first kappa shape index (κ1) is 10.5. The number of hydrogen-bond acceptors (Lipinski definition) is 2. The molecule has 0 spiro atoms. The van der Waals surface area contributed by atoms with Gasteiger partial charge in [-0.25, -0.2) is 0 Å². The third kappa shape index (κ3) is 2.67. The maximum Gasteiger partial charge on any atom is 0.409 e. The highest BCUT2D eigenvalue weighted by Gasteiger charge is 2.38. The van der Waals surface area contributed by atoms with Gasteiger partial charge in [0.15, 0.2) is 0 Å². The average molecular weight is 255 g/mol. The molecule has 2 N–H and O–H groups in total. The minimum atomic E-state index is -4.45. The van der Waals surface area contributed by atoms with Crippen molar-refractivity contribution < 1.29 is 13.2 Å². The van der Waals surface area contributed by atoms with Crippen LogP contribution in [0.1, 0.15) is 11.7 Å². The molecule has 1 rings (SSSR count). The summed E-state index contributed by atoms with van der Waals surface area (Å²) in [4.78, 5) is 3.53. The molecular weight excluding hydrogens is 249 g/mol. The Hall–Kier alpha value is -0.620. The first-order valence-electron chi connectivity index (χ1n) is 3.35. The molecule has 0 radical (unpaired) electrons. The molecule has 0 aliphatic carbocycles. The molecule has 0 aliphatic rings. The molecule has 0 saturated heterocycles. The Morgan fingerprint density at radius 3 is 2.54 bits per heavy atom. The van der Waals surface area contributed by atoms with E-state index in [9.17, 15) is 13.2 Å². The predicted molar refractivity (Wildman–Crippen MR) is 44.9 cm³/mol. The normalized spacial score (nSPS) is 14.2. The van der Waals surface area contributed by atoms with Crippen LogP contribution >= 0.6 is 15.9 Å². The van der Waals surface area contributed by atoms with E-state index in [1.54, 1.807) is 0 Å². The fourth-order valence-electron chi connectivity index (χ4n) is 0.759. The third-order valence-electron chi connectivity index (χ3n) is 1.41. The van der Waals surface area contributed by atoms with E-state index in [2.05, 4.69) is 20.9 Å². The number of hydrogen-bond donors (Lipinski definition) is 1. The van der Waals surface area contributed by atoms with Gasteiger partial charge in [-0.15, -0.1) is 0 Å². The van der Waals surface area contributed by atoms with Gasteiger partial charge in [0.25, 0.3) is 0 Å². The molecule has 0 fully saturated rings. The quantitative estimate of drug-likeness (QED) is 0.836. The van der Waals surface area contributed by atoms with Crippen molar-refractivity contribution in [3.05, 3.63) is 28.5 Å². The lowest BCUT2D eigenvalue weighted by Gasteiger charge is -2.14. The summed E-state index contributed by atoms with van der Waals surface area (Å²) in [5.41, 5.74) is 4.74. The molecule has 72 valence electrons. The fourth-order valence-corrected chi connectivity index (χ4v) is 1.11. The van der Waals surface area contributed by atoms with Crippen LogP contribution in [0.15, 0.2) is 22.8 Å². The average Bonchev–Trinajstić information content (AvgIpc) is 2.01. The molecule has 6 heteroatoms. The lowest BCUT2D eigenvalue weighted by molar-refractivity contribution is -0.150. The van der Waals surface area contributed by atoms with Crippen LogP contribution in [0.5, 0.6) is 0 Å². The van der Waals surface area contributed by atoms with Gasteiger partial charge in [0.05, 0.1) is 5.69 Å². The molecule has 1 aromatic heterocycles. The van der Waals surface area contributed by atoms with Gasteiger partial charge in [0.1, 0.15) is 6.04 Å². The lowest BCUT2D eigenvalue weighted by atomic mass is 10.2. The second-order valence-electron chi connectivity index (χ2n) is 2.42. The molecule has 0 bridgehead atoms. The number of rotatable bonds is 1. The second-order valence-corrected chi connectivity index (χ2v) is 3.33. The van der Waals surface area contributed by atoms with Crippen LogP contribution in [0.2, 0.25) is 0 Å². The van der Waals surface area contributed by atoms with Crippen LogP contribution in [0.3, 0.4) is 0 Å². The second kappa shape index (κ2) is 3.63. The lowest BCUT2D eigenvalue weighted by Crippen LogP contribution is -2.29. The Kier molecular flexibility index (Phi) is 2.92. The van der Waals surface area contributed by atoms with Crippen molar-refractivity contribution in [3.8, 4) is 0 Å². The van der Waals surface area contributed by atoms with Crippen LogP contribution in [0.25, 0.3) is 0 Å². The van der Waals surface area contributed by atoms with Gasteiger partial charge in [-0.05, 0) is 12.1 Å².